The first-order valence-corrected chi connectivity index (χ1v) is 4.72. The monoisotopic (exact) mass is 256 g/mol. The molecule has 0 aliphatic rings. The lowest BCUT2D eigenvalue weighted by Gasteiger charge is -2.19. The third-order valence-electron chi connectivity index (χ3n) is 1.63. The fourth-order valence-electron chi connectivity index (χ4n) is 0.900. The van der Waals surface area contributed by atoms with Crippen molar-refractivity contribution in [3.8, 4) is 11.5 Å². The molecule has 0 bridgehead atoms. The van der Waals surface area contributed by atoms with E-state index in [0.717, 1.165) is 6.07 Å². The lowest BCUT2D eigenvalue weighted by Crippen LogP contribution is -2.16. The van der Waals surface area contributed by atoms with E-state index < -0.39 is 9.90 Å². The van der Waals surface area contributed by atoms with Crippen molar-refractivity contribution in [1.82, 2.24) is 0 Å². The summed E-state index contributed by atoms with van der Waals surface area (Å²) >= 11 is 16.3. The average molecular weight is 258 g/mol. The van der Waals surface area contributed by atoms with E-state index in [0.29, 0.717) is 0 Å². The van der Waals surface area contributed by atoms with E-state index in [1.54, 1.807) is 0 Å². The fourth-order valence-corrected chi connectivity index (χ4v) is 1.28. The Kier molecular flexibility index (Phi) is 3.37. The van der Waals surface area contributed by atoms with E-state index in [1.165, 1.54) is 12.1 Å². The van der Waals surface area contributed by atoms with Crippen LogP contribution < -0.4 is 0 Å². The summed E-state index contributed by atoms with van der Waals surface area (Å²) in [5, 5.41) is 27.6. The fraction of sp³-hybridized carbons (Fsp3) is 0.250. The van der Waals surface area contributed by atoms with Gasteiger partial charge in [0.15, 0.2) is 11.5 Å². The van der Waals surface area contributed by atoms with Crippen LogP contribution in [0.5, 0.6) is 11.5 Å². The zero-order valence-corrected chi connectivity index (χ0v) is 9.05. The predicted molar refractivity (Wildman–Crippen MR) is 55.0 cm³/mol. The van der Waals surface area contributed by atoms with Crippen molar-refractivity contribution >= 4 is 34.8 Å². The van der Waals surface area contributed by atoms with Gasteiger partial charge in [-0.1, -0.05) is 40.9 Å². The third-order valence-corrected chi connectivity index (χ3v) is 2.25. The lowest BCUT2D eigenvalue weighted by atomic mass is 10.1. The predicted octanol–water partition coefficient (Wildman–Crippen LogP) is 2.50. The van der Waals surface area contributed by atoms with Crippen molar-refractivity contribution < 1.29 is 15.3 Å². The number of benzene rings is 1. The molecule has 0 aliphatic carbocycles. The highest BCUT2D eigenvalue weighted by Crippen LogP contribution is 2.41. The summed E-state index contributed by atoms with van der Waals surface area (Å²) in [5.41, 5.74) is 0.209. The second-order valence-corrected chi connectivity index (χ2v) is 5.06. The molecule has 1 aromatic carbocycles. The molecule has 0 saturated heterocycles. The van der Waals surface area contributed by atoms with Gasteiger partial charge in [0.05, 0.1) is 0 Å². The Morgan fingerprint density at radius 2 is 1.64 bits per heavy atom. The normalized spacial score (nSPS) is 14.0. The lowest BCUT2D eigenvalue weighted by molar-refractivity contribution is 0.182. The first kappa shape index (κ1) is 11.7. The van der Waals surface area contributed by atoms with Gasteiger partial charge in [-0.15, -0.1) is 0 Å². The number of hydrogen-bond acceptors (Lipinski definition) is 3. The molecule has 0 aliphatic heterocycles. The summed E-state index contributed by atoms with van der Waals surface area (Å²) in [4.78, 5) is 0. The molecule has 1 aromatic rings. The first-order chi connectivity index (χ1) is 6.32. The topological polar surface area (TPSA) is 60.7 Å². The van der Waals surface area contributed by atoms with Crippen LogP contribution >= 0.6 is 34.8 Å². The van der Waals surface area contributed by atoms with Crippen LogP contribution in [0.15, 0.2) is 18.2 Å². The second kappa shape index (κ2) is 4.03. The van der Waals surface area contributed by atoms with Gasteiger partial charge < -0.3 is 15.3 Å². The minimum absolute atomic E-state index is 0.209. The molecule has 6 heteroatoms. The minimum atomic E-state index is -1.87. The minimum Gasteiger partial charge on any atom is -0.504 e. The summed E-state index contributed by atoms with van der Waals surface area (Å²) in [6, 6.07) is 3.67. The van der Waals surface area contributed by atoms with Crippen molar-refractivity contribution in [2.24, 2.45) is 0 Å². The molecule has 1 atom stereocenters. The van der Waals surface area contributed by atoms with Gasteiger partial charge in [0, 0.05) is 0 Å². The largest absolute Gasteiger partial charge is 0.504 e. The molecular formula is C8H7Cl3O3. The van der Waals surface area contributed by atoms with E-state index in [2.05, 4.69) is 0 Å². The van der Waals surface area contributed by atoms with E-state index in [9.17, 15) is 5.11 Å². The number of rotatable bonds is 1. The Bertz CT molecular complexity index is 335. The Hall–Kier alpha value is -0.350. The van der Waals surface area contributed by atoms with Crippen molar-refractivity contribution in [2.75, 3.05) is 0 Å². The smallest absolute Gasteiger partial charge is 0.220 e. The summed E-state index contributed by atoms with van der Waals surface area (Å²) < 4.78 is -1.87. The highest BCUT2D eigenvalue weighted by atomic mass is 35.6. The highest BCUT2D eigenvalue weighted by Gasteiger charge is 2.32. The Morgan fingerprint density at radius 1 is 1.07 bits per heavy atom. The average Bonchev–Trinajstić information content (AvgIpc) is 2.07. The van der Waals surface area contributed by atoms with Crippen LogP contribution in [0.25, 0.3) is 0 Å². The van der Waals surface area contributed by atoms with Gasteiger partial charge in [0.25, 0.3) is 0 Å². The van der Waals surface area contributed by atoms with E-state index in [4.69, 9.17) is 45.0 Å². The standard InChI is InChI=1S/C8H7Cl3O3/c9-8(10,11)7(14)4-1-2-5(12)6(13)3-4/h1-3,7,12-14H. The maximum absolute atomic E-state index is 9.48. The van der Waals surface area contributed by atoms with Crippen LogP contribution in [0.3, 0.4) is 0 Å². The molecular weight excluding hydrogens is 250 g/mol. The van der Waals surface area contributed by atoms with E-state index >= 15 is 0 Å². The molecule has 0 radical (unpaired) electrons. The molecule has 0 spiro atoms. The molecule has 3 nitrogen and oxygen atoms in total. The summed E-state index contributed by atoms with van der Waals surface area (Å²) in [5.74, 6) is -0.680. The molecule has 14 heavy (non-hydrogen) atoms. The van der Waals surface area contributed by atoms with Crippen LogP contribution in [0.1, 0.15) is 11.7 Å². The Labute approximate surface area is 95.5 Å². The first-order valence-electron chi connectivity index (χ1n) is 3.59. The van der Waals surface area contributed by atoms with Crippen molar-refractivity contribution in [3.63, 3.8) is 0 Å². The molecule has 0 saturated carbocycles. The second-order valence-electron chi connectivity index (χ2n) is 2.69. The zero-order valence-electron chi connectivity index (χ0n) is 6.78. The van der Waals surface area contributed by atoms with Crippen LogP contribution in [0, 0.1) is 0 Å². The number of phenolic OH excluding ortho intramolecular Hbond substituents is 2. The maximum Gasteiger partial charge on any atom is 0.220 e. The summed E-state index contributed by atoms with van der Waals surface area (Å²) in [6.07, 6.45) is -1.36. The van der Waals surface area contributed by atoms with Gasteiger partial charge in [-0.25, -0.2) is 0 Å². The quantitative estimate of drug-likeness (QED) is 0.535. The molecule has 0 fully saturated rings. The SMILES string of the molecule is Oc1ccc(C(O)C(Cl)(Cl)Cl)cc1O. The number of aliphatic hydroxyl groups excluding tert-OH is 1. The van der Waals surface area contributed by atoms with Gasteiger partial charge >= 0.3 is 0 Å². The number of aliphatic hydroxyl groups is 1. The van der Waals surface area contributed by atoms with E-state index in [1.807, 2.05) is 0 Å². The number of hydrogen-bond donors (Lipinski definition) is 3. The van der Waals surface area contributed by atoms with Crippen molar-refractivity contribution in [3.05, 3.63) is 23.8 Å². The molecule has 1 unspecified atom stereocenters. The number of phenols is 2. The maximum atomic E-state index is 9.48. The molecule has 0 heterocycles. The van der Waals surface area contributed by atoms with Gasteiger partial charge in [-0.05, 0) is 17.7 Å². The summed E-state index contributed by atoms with van der Waals surface area (Å²) in [6.45, 7) is 0. The van der Waals surface area contributed by atoms with Crippen LogP contribution in [-0.4, -0.2) is 19.1 Å². The van der Waals surface area contributed by atoms with Crippen LogP contribution in [0.4, 0.5) is 0 Å². The molecule has 1 rings (SSSR count). The van der Waals surface area contributed by atoms with Crippen LogP contribution in [-0.2, 0) is 0 Å². The molecule has 3 N–H and O–H groups in total. The van der Waals surface area contributed by atoms with Gasteiger partial charge in [0.2, 0.25) is 3.79 Å². The zero-order chi connectivity index (χ0) is 10.9. The number of halogens is 3. The van der Waals surface area contributed by atoms with Crippen molar-refractivity contribution in [1.29, 1.82) is 0 Å². The van der Waals surface area contributed by atoms with Gasteiger partial charge in [-0.2, -0.15) is 0 Å². The molecule has 0 amide bonds. The van der Waals surface area contributed by atoms with Crippen LogP contribution in [0.2, 0.25) is 0 Å². The molecule has 0 aromatic heterocycles. The Morgan fingerprint density at radius 3 is 2.07 bits per heavy atom. The number of alkyl halides is 3. The Balaban J connectivity index is 3.03. The van der Waals surface area contributed by atoms with Gasteiger partial charge in [-0.3, -0.25) is 0 Å². The van der Waals surface area contributed by atoms with Crippen molar-refractivity contribution in [2.45, 2.75) is 9.90 Å². The number of aromatic hydroxyl groups is 2. The molecule has 78 valence electrons. The highest BCUT2D eigenvalue weighted by molar-refractivity contribution is 6.68. The van der Waals surface area contributed by atoms with Gasteiger partial charge in [0.1, 0.15) is 6.10 Å². The third kappa shape index (κ3) is 2.58. The summed E-state index contributed by atoms with van der Waals surface area (Å²) in [7, 11) is 0. The van der Waals surface area contributed by atoms with E-state index in [-0.39, 0.29) is 17.1 Å².